The summed E-state index contributed by atoms with van der Waals surface area (Å²) in [5, 5.41) is 31.0. The molecule has 0 spiro atoms. The van der Waals surface area contributed by atoms with E-state index in [9.17, 15) is 19.5 Å². The molecular formula is C20H23N3O7. The molecule has 1 saturated heterocycles. The number of carbonyl (C=O) groups excluding carboxylic acids is 2. The zero-order valence-electron chi connectivity index (χ0n) is 16.3. The fraction of sp³-hybridized carbons (Fsp3) is 0.400. The number of hydrogen-bond acceptors (Lipinski definition) is 7. The maximum absolute atomic E-state index is 12.1. The average molecular weight is 417 g/mol. The van der Waals surface area contributed by atoms with Crippen molar-refractivity contribution in [2.75, 3.05) is 5.32 Å². The summed E-state index contributed by atoms with van der Waals surface area (Å²) in [6.45, 7) is 1.60. The van der Waals surface area contributed by atoms with E-state index in [-0.39, 0.29) is 19.4 Å². The van der Waals surface area contributed by atoms with E-state index in [1.54, 1.807) is 18.2 Å². The number of nitrogens with one attached hydrogen (secondary N) is 3. The molecule has 4 atom stereocenters. The Kier molecular flexibility index (Phi) is 8.34. The summed E-state index contributed by atoms with van der Waals surface area (Å²) in [5.41, 5.74) is 1.53. The topological polar surface area (TPSA) is 158 Å². The van der Waals surface area contributed by atoms with E-state index < -0.39 is 36.2 Å². The van der Waals surface area contributed by atoms with Crippen LogP contribution in [0.15, 0.2) is 18.2 Å². The van der Waals surface area contributed by atoms with Crippen LogP contribution in [0.2, 0.25) is 0 Å². The maximum Gasteiger partial charge on any atom is 0.332 e. The lowest BCUT2D eigenvalue weighted by Crippen LogP contribution is -2.39. The van der Waals surface area contributed by atoms with Crippen molar-refractivity contribution in [3.05, 3.63) is 29.3 Å². The standard InChI is InChI=1S/C20H23N3O7/c1-12(22-11-24)19(26)23-15-4-2-14(9-29-10-21)13(6-15)3-5-17-7-16(25)8-18(30-17)20(27)28/h2,4,6,10-12,16-18,21,25H,7-9H2,1H3,(H,22,24)(H,23,26)(H,27,28)/t12?,16?,17-,18?/m0/s1. The van der Waals surface area contributed by atoms with E-state index in [0.717, 1.165) is 6.40 Å². The first-order chi connectivity index (χ1) is 14.3. The van der Waals surface area contributed by atoms with Crippen LogP contribution in [0.4, 0.5) is 5.69 Å². The first kappa shape index (κ1) is 22.9. The van der Waals surface area contributed by atoms with Crippen molar-refractivity contribution in [1.29, 1.82) is 5.41 Å². The first-order valence-corrected chi connectivity index (χ1v) is 9.16. The van der Waals surface area contributed by atoms with E-state index in [1.807, 2.05) is 0 Å². The van der Waals surface area contributed by atoms with Gasteiger partial charge in [0, 0.05) is 29.7 Å². The van der Waals surface area contributed by atoms with Crippen LogP contribution in [0.5, 0.6) is 0 Å². The SMILES string of the molecule is CC(NC=O)C(=O)Nc1ccc(COC=N)c(C#C[C@H]2CC(O)CC(C(=O)O)O2)c1. The van der Waals surface area contributed by atoms with Gasteiger partial charge in [-0.3, -0.25) is 15.0 Å². The fourth-order valence-corrected chi connectivity index (χ4v) is 2.77. The molecule has 1 aromatic rings. The molecule has 0 radical (unpaired) electrons. The van der Waals surface area contributed by atoms with Gasteiger partial charge in [-0.15, -0.1) is 0 Å². The van der Waals surface area contributed by atoms with Gasteiger partial charge in [0.05, 0.1) is 6.10 Å². The number of carboxylic acid groups (broad SMARTS) is 1. The van der Waals surface area contributed by atoms with E-state index in [1.165, 1.54) is 6.92 Å². The molecule has 0 saturated carbocycles. The number of aliphatic hydroxyl groups is 1. The van der Waals surface area contributed by atoms with Crippen molar-refractivity contribution >= 4 is 30.4 Å². The van der Waals surface area contributed by atoms with Crippen molar-refractivity contribution < 1.29 is 34.1 Å². The molecule has 1 aromatic carbocycles. The zero-order valence-corrected chi connectivity index (χ0v) is 16.3. The summed E-state index contributed by atoms with van der Waals surface area (Å²) in [6.07, 6.45) is -1.35. The molecule has 160 valence electrons. The molecule has 0 aliphatic carbocycles. The van der Waals surface area contributed by atoms with Gasteiger partial charge in [0.1, 0.15) is 18.8 Å². The van der Waals surface area contributed by atoms with Crippen molar-refractivity contribution in [2.45, 2.75) is 50.7 Å². The van der Waals surface area contributed by atoms with Gasteiger partial charge in [-0.05, 0) is 19.1 Å². The number of aliphatic hydroxyl groups excluding tert-OH is 1. The van der Waals surface area contributed by atoms with E-state index >= 15 is 0 Å². The minimum absolute atomic E-state index is 0.000460. The second-order valence-corrected chi connectivity index (χ2v) is 6.64. The highest BCUT2D eigenvalue weighted by Gasteiger charge is 2.31. The maximum atomic E-state index is 12.1. The summed E-state index contributed by atoms with van der Waals surface area (Å²) >= 11 is 0. The van der Waals surface area contributed by atoms with Gasteiger partial charge < -0.3 is 30.3 Å². The monoisotopic (exact) mass is 417 g/mol. The summed E-state index contributed by atoms with van der Waals surface area (Å²) < 4.78 is 10.4. The molecular weight excluding hydrogens is 394 g/mol. The van der Waals surface area contributed by atoms with Crippen LogP contribution in [0.3, 0.4) is 0 Å². The number of hydrogen-bond donors (Lipinski definition) is 5. The van der Waals surface area contributed by atoms with E-state index in [4.69, 9.17) is 20.0 Å². The van der Waals surface area contributed by atoms with Crippen LogP contribution in [0, 0.1) is 17.3 Å². The Morgan fingerprint density at radius 3 is 2.87 bits per heavy atom. The molecule has 1 heterocycles. The van der Waals surface area contributed by atoms with E-state index in [2.05, 4.69) is 22.5 Å². The largest absolute Gasteiger partial charge is 0.479 e. The smallest absolute Gasteiger partial charge is 0.332 e. The lowest BCUT2D eigenvalue weighted by Gasteiger charge is -2.27. The Balaban J connectivity index is 2.24. The number of ether oxygens (including phenoxy) is 2. The third-order valence-corrected chi connectivity index (χ3v) is 4.35. The van der Waals surface area contributed by atoms with Crippen molar-refractivity contribution in [3.63, 3.8) is 0 Å². The average Bonchev–Trinajstić information content (AvgIpc) is 2.71. The molecule has 1 aliphatic rings. The van der Waals surface area contributed by atoms with Crippen LogP contribution in [-0.2, 0) is 30.5 Å². The Morgan fingerprint density at radius 2 is 2.20 bits per heavy atom. The second-order valence-electron chi connectivity index (χ2n) is 6.64. The van der Waals surface area contributed by atoms with Gasteiger partial charge in [-0.2, -0.15) is 0 Å². The highest BCUT2D eigenvalue weighted by Crippen LogP contribution is 2.21. The van der Waals surface area contributed by atoms with Gasteiger partial charge in [0.2, 0.25) is 12.3 Å². The molecule has 0 bridgehead atoms. The summed E-state index contributed by atoms with van der Waals surface area (Å²) in [4.78, 5) is 33.7. The Labute approximate surface area is 173 Å². The molecule has 2 rings (SSSR count). The summed E-state index contributed by atoms with van der Waals surface area (Å²) in [7, 11) is 0. The van der Waals surface area contributed by atoms with Gasteiger partial charge in [-0.1, -0.05) is 17.9 Å². The third kappa shape index (κ3) is 6.58. The van der Waals surface area contributed by atoms with Crippen LogP contribution in [-0.4, -0.2) is 59.3 Å². The molecule has 1 fully saturated rings. The van der Waals surface area contributed by atoms with Gasteiger partial charge >= 0.3 is 5.97 Å². The van der Waals surface area contributed by atoms with Gasteiger partial charge in [0.25, 0.3) is 0 Å². The Hall–Kier alpha value is -3.42. The molecule has 0 aromatic heterocycles. The van der Waals surface area contributed by atoms with Crippen molar-refractivity contribution in [1.82, 2.24) is 5.32 Å². The Bertz CT molecular complexity index is 862. The lowest BCUT2D eigenvalue weighted by molar-refractivity contribution is -0.161. The molecule has 10 nitrogen and oxygen atoms in total. The van der Waals surface area contributed by atoms with Crippen LogP contribution in [0.25, 0.3) is 0 Å². The van der Waals surface area contributed by atoms with Crippen LogP contribution in [0.1, 0.15) is 30.9 Å². The first-order valence-electron chi connectivity index (χ1n) is 9.16. The quantitative estimate of drug-likeness (QED) is 0.175. The minimum Gasteiger partial charge on any atom is -0.479 e. The minimum atomic E-state index is -1.16. The lowest BCUT2D eigenvalue weighted by atomic mass is 10.0. The van der Waals surface area contributed by atoms with Crippen LogP contribution >= 0.6 is 0 Å². The summed E-state index contributed by atoms with van der Waals surface area (Å²) in [6, 6.07) is 4.15. The second kappa shape index (κ2) is 10.9. The number of anilines is 1. The molecule has 1 aliphatic heterocycles. The number of carbonyl (C=O) groups is 3. The highest BCUT2D eigenvalue weighted by atomic mass is 16.5. The van der Waals surface area contributed by atoms with Gasteiger partial charge in [-0.25, -0.2) is 4.79 Å². The predicted octanol–water partition coefficient (Wildman–Crippen LogP) is 0.228. The number of aliphatic carboxylic acids is 1. The summed E-state index contributed by atoms with van der Waals surface area (Å²) in [5.74, 6) is 4.11. The fourth-order valence-electron chi connectivity index (χ4n) is 2.77. The van der Waals surface area contributed by atoms with Crippen molar-refractivity contribution in [3.8, 4) is 11.8 Å². The van der Waals surface area contributed by atoms with Crippen LogP contribution < -0.4 is 10.6 Å². The molecule has 2 amide bonds. The highest BCUT2D eigenvalue weighted by molar-refractivity contribution is 5.95. The number of rotatable bonds is 8. The van der Waals surface area contributed by atoms with Gasteiger partial charge in [0.15, 0.2) is 12.5 Å². The number of carboxylic acids is 1. The number of amides is 2. The molecule has 30 heavy (non-hydrogen) atoms. The predicted molar refractivity (Wildman–Crippen MR) is 106 cm³/mol. The normalized spacial score (nSPS) is 21.3. The third-order valence-electron chi connectivity index (χ3n) is 4.35. The molecule has 3 unspecified atom stereocenters. The Morgan fingerprint density at radius 1 is 1.43 bits per heavy atom. The number of benzene rings is 1. The van der Waals surface area contributed by atoms with E-state index in [0.29, 0.717) is 23.2 Å². The molecule has 5 N–H and O–H groups in total. The van der Waals surface area contributed by atoms with Crippen molar-refractivity contribution in [2.24, 2.45) is 0 Å². The zero-order chi connectivity index (χ0) is 22.1. The molecule has 10 heteroatoms.